The predicted molar refractivity (Wildman–Crippen MR) is 197 cm³/mol. The van der Waals surface area contributed by atoms with Crippen molar-refractivity contribution in [2.45, 2.75) is 19.3 Å². The van der Waals surface area contributed by atoms with Crippen molar-refractivity contribution in [3.05, 3.63) is 175 Å². The normalized spacial score (nSPS) is 13.2. The van der Waals surface area contributed by atoms with Crippen molar-refractivity contribution in [1.82, 2.24) is 0 Å². The van der Waals surface area contributed by atoms with E-state index in [9.17, 15) is 0 Å². The monoisotopic (exact) mass is 587 g/mol. The fraction of sp³-hybridized carbons (Fsp3) is 0.0667. The third-order valence-electron chi connectivity index (χ3n) is 10.0. The van der Waals surface area contributed by atoms with Gasteiger partial charge >= 0.3 is 0 Å². The molecule has 0 aliphatic heterocycles. The van der Waals surface area contributed by atoms with Gasteiger partial charge in [0.15, 0.2) is 0 Å². The molecule has 1 nitrogen and oxygen atoms in total. The lowest BCUT2D eigenvalue weighted by Crippen LogP contribution is -2.17. The molecule has 8 aromatic rings. The maximum atomic E-state index is 2.47. The number of hydrogen-bond donors (Lipinski definition) is 0. The van der Waals surface area contributed by atoms with Crippen LogP contribution in [0.5, 0.6) is 0 Å². The highest BCUT2D eigenvalue weighted by atomic mass is 15.1. The van der Waals surface area contributed by atoms with Crippen molar-refractivity contribution < 1.29 is 0 Å². The average molecular weight is 588 g/mol. The highest BCUT2D eigenvalue weighted by molar-refractivity contribution is 6.07. The summed E-state index contributed by atoms with van der Waals surface area (Å²) in [5.74, 6) is 0. The Hall–Kier alpha value is -5.66. The highest BCUT2D eigenvalue weighted by Gasteiger charge is 2.36. The molecular formula is C45H33N. The molecule has 0 bridgehead atoms. The van der Waals surface area contributed by atoms with E-state index >= 15 is 0 Å². The lowest BCUT2D eigenvalue weighted by atomic mass is 9.82. The first-order valence-corrected chi connectivity index (χ1v) is 16.1. The quantitative estimate of drug-likeness (QED) is 0.198. The minimum Gasteiger partial charge on any atom is -0.310 e. The van der Waals surface area contributed by atoms with E-state index in [4.69, 9.17) is 0 Å². The molecule has 0 heterocycles. The SMILES string of the molecule is CC1(C)c2ccccc2-c2ccc(N(c3ccc4ccccc4c3)c3ccc4ccccc4c3-c3ccc4ccccc4c3)cc21. The first-order chi connectivity index (χ1) is 22.6. The van der Waals surface area contributed by atoms with Crippen LogP contribution in [0.15, 0.2) is 164 Å². The second-order valence-electron chi connectivity index (χ2n) is 13.0. The molecule has 0 amide bonds. The number of anilines is 3. The summed E-state index contributed by atoms with van der Waals surface area (Å²) in [5, 5.41) is 7.44. The van der Waals surface area contributed by atoms with Gasteiger partial charge in [0.05, 0.1) is 5.69 Å². The lowest BCUT2D eigenvalue weighted by Gasteiger charge is -2.30. The Bertz CT molecular complexity index is 2470. The summed E-state index contributed by atoms with van der Waals surface area (Å²) >= 11 is 0. The van der Waals surface area contributed by atoms with Crippen LogP contribution in [0.2, 0.25) is 0 Å². The lowest BCUT2D eigenvalue weighted by molar-refractivity contribution is 0.660. The second kappa shape index (κ2) is 10.2. The van der Waals surface area contributed by atoms with Crippen LogP contribution in [0.1, 0.15) is 25.0 Å². The number of fused-ring (bicyclic) bond motifs is 6. The summed E-state index contributed by atoms with van der Waals surface area (Å²) in [6.07, 6.45) is 0. The third-order valence-corrected chi connectivity index (χ3v) is 10.0. The Morgan fingerprint density at radius 2 is 0.978 bits per heavy atom. The van der Waals surface area contributed by atoms with Gasteiger partial charge in [-0.25, -0.2) is 0 Å². The van der Waals surface area contributed by atoms with Crippen LogP contribution in [0.4, 0.5) is 17.1 Å². The summed E-state index contributed by atoms with van der Waals surface area (Å²) in [6, 6.07) is 60.4. The summed E-state index contributed by atoms with van der Waals surface area (Å²) in [6.45, 7) is 4.72. The van der Waals surface area contributed by atoms with Crippen molar-refractivity contribution in [2.24, 2.45) is 0 Å². The van der Waals surface area contributed by atoms with E-state index in [1.165, 1.54) is 65.7 Å². The molecule has 218 valence electrons. The summed E-state index contributed by atoms with van der Waals surface area (Å²) in [5.41, 5.74) is 11.2. The van der Waals surface area contributed by atoms with E-state index in [2.05, 4.69) is 183 Å². The molecule has 0 saturated heterocycles. The zero-order chi connectivity index (χ0) is 30.8. The predicted octanol–water partition coefficient (Wildman–Crippen LogP) is 12.6. The molecule has 1 aliphatic carbocycles. The molecule has 8 aromatic carbocycles. The maximum Gasteiger partial charge on any atom is 0.0546 e. The zero-order valence-electron chi connectivity index (χ0n) is 26.0. The van der Waals surface area contributed by atoms with Gasteiger partial charge < -0.3 is 4.90 Å². The van der Waals surface area contributed by atoms with Gasteiger partial charge in [-0.05, 0) is 96.5 Å². The highest BCUT2D eigenvalue weighted by Crippen LogP contribution is 2.52. The molecule has 0 N–H and O–H groups in total. The van der Waals surface area contributed by atoms with E-state index in [-0.39, 0.29) is 5.41 Å². The van der Waals surface area contributed by atoms with Crippen molar-refractivity contribution >= 4 is 49.4 Å². The van der Waals surface area contributed by atoms with Gasteiger partial charge in [0.25, 0.3) is 0 Å². The minimum atomic E-state index is -0.0957. The molecule has 0 spiro atoms. The molecule has 0 atom stereocenters. The van der Waals surface area contributed by atoms with Crippen molar-refractivity contribution in [1.29, 1.82) is 0 Å². The fourth-order valence-corrected chi connectivity index (χ4v) is 7.67. The Morgan fingerprint density at radius 3 is 1.78 bits per heavy atom. The molecule has 46 heavy (non-hydrogen) atoms. The van der Waals surface area contributed by atoms with Gasteiger partial charge in [-0.3, -0.25) is 0 Å². The first kappa shape index (κ1) is 26.7. The largest absolute Gasteiger partial charge is 0.310 e. The molecule has 0 saturated carbocycles. The maximum absolute atomic E-state index is 2.47. The van der Waals surface area contributed by atoms with Gasteiger partial charge in [0.2, 0.25) is 0 Å². The topological polar surface area (TPSA) is 3.24 Å². The summed E-state index contributed by atoms with van der Waals surface area (Å²) < 4.78 is 0. The molecule has 0 unspecified atom stereocenters. The molecule has 0 fully saturated rings. The zero-order valence-corrected chi connectivity index (χ0v) is 26.0. The summed E-state index contributed by atoms with van der Waals surface area (Å²) in [7, 11) is 0. The van der Waals surface area contributed by atoms with Crippen LogP contribution in [0, 0.1) is 0 Å². The van der Waals surface area contributed by atoms with Crippen LogP contribution in [-0.2, 0) is 5.41 Å². The second-order valence-corrected chi connectivity index (χ2v) is 13.0. The van der Waals surface area contributed by atoms with Crippen molar-refractivity contribution in [2.75, 3.05) is 4.90 Å². The van der Waals surface area contributed by atoms with E-state index in [1.54, 1.807) is 0 Å². The molecule has 0 radical (unpaired) electrons. The number of benzene rings is 8. The Balaban J connectivity index is 1.34. The van der Waals surface area contributed by atoms with Gasteiger partial charge in [-0.15, -0.1) is 0 Å². The van der Waals surface area contributed by atoms with Crippen LogP contribution in [0.3, 0.4) is 0 Å². The number of nitrogens with zero attached hydrogens (tertiary/aromatic N) is 1. The first-order valence-electron chi connectivity index (χ1n) is 16.1. The molecule has 9 rings (SSSR count). The van der Waals surface area contributed by atoms with Gasteiger partial charge in [-0.2, -0.15) is 0 Å². The van der Waals surface area contributed by atoms with Crippen LogP contribution < -0.4 is 4.90 Å². The smallest absolute Gasteiger partial charge is 0.0546 e. The Kier molecular flexibility index (Phi) is 5.92. The van der Waals surface area contributed by atoms with Crippen LogP contribution in [0.25, 0.3) is 54.6 Å². The Labute approximate surface area is 270 Å². The van der Waals surface area contributed by atoms with E-state index in [0.717, 1.165) is 17.1 Å². The standard InChI is InChI=1S/C45H33N/c1-45(2)41-18-10-9-17-39(41)40-25-24-37(29-42(40)45)46(36-23-21-31-12-4-6-15-34(31)28-36)43-26-22-32-13-7-8-16-38(32)44(43)35-20-19-30-11-3-5-14-33(30)27-35/h3-29H,1-2H3. The fourth-order valence-electron chi connectivity index (χ4n) is 7.67. The van der Waals surface area contributed by atoms with E-state index < -0.39 is 0 Å². The number of rotatable bonds is 4. The van der Waals surface area contributed by atoms with Crippen LogP contribution >= 0.6 is 0 Å². The average Bonchev–Trinajstić information content (AvgIpc) is 3.33. The van der Waals surface area contributed by atoms with E-state index in [1.807, 2.05) is 0 Å². The van der Waals surface area contributed by atoms with Crippen LogP contribution in [-0.4, -0.2) is 0 Å². The van der Waals surface area contributed by atoms with E-state index in [0.29, 0.717) is 0 Å². The van der Waals surface area contributed by atoms with Crippen molar-refractivity contribution in [3.63, 3.8) is 0 Å². The molecule has 1 aliphatic rings. The minimum absolute atomic E-state index is 0.0957. The number of hydrogen-bond acceptors (Lipinski definition) is 1. The Morgan fingerprint density at radius 1 is 0.413 bits per heavy atom. The molecule has 0 aromatic heterocycles. The molecular weight excluding hydrogens is 555 g/mol. The summed E-state index contributed by atoms with van der Waals surface area (Å²) in [4.78, 5) is 2.47. The van der Waals surface area contributed by atoms with Gasteiger partial charge in [0, 0.05) is 22.4 Å². The van der Waals surface area contributed by atoms with Gasteiger partial charge in [0.1, 0.15) is 0 Å². The van der Waals surface area contributed by atoms with Gasteiger partial charge in [-0.1, -0.05) is 141 Å². The van der Waals surface area contributed by atoms with Crippen molar-refractivity contribution in [3.8, 4) is 22.3 Å². The third kappa shape index (κ3) is 4.09. The molecule has 1 heteroatoms.